The maximum Gasteiger partial charge on any atom is 0.345 e. The van der Waals surface area contributed by atoms with Crippen LogP contribution in [0.3, 0.4) is 0 Å². The molecule has 134 heavy (non-hydrogen) atoms. The second kappa shape index (κ2) is 51.0. The van der Waals surface area contributed by atoms with Crippen LogP contribution in [0.2, 0.25) is 0 Å². The monoisotopic (exact) mass is 3180 g/mol. The van der Waals surface area contributed by atoms with Crippen molar-refractivity contribution in [1.29, 1.82) is 0 Å². The predicted octanol–water partition coefficient (Wildman–Crippen LogP) is 34.6. The zero-order chi connectivity index (χ0) is 95.6. The highest BCUT2D eigenvalue weighted by Gasteiger charge is 2.35. The number of rotatable bonds is 21. The topological polar surface area (TPSA) is 105 Å². The first kappa shape index (κ1) is 107. The van der Waals surface area contributed by atoms with E-state index in [2.05, 4.69) is 569 Å². The Morgan fingerprint density at radius 3 is 0.590 bits per heavy atom. The van der Waals surface area contributed by atoms with E-state index in [1.165, 1.54) is 86.6 Å². The van der Waals surface area contributed by atoms with Crippen LogP contribution >= 0.6 is 271 Å². The second-order valence-electron chi connectivity index (χ2n) is 31.4. The highest BCUT2D eigenvalue weighted by molar-refractivity contribution is 14.1. The average molecular weight is 3180 g/mol. The molecule has 0 bridgehead atoms. The molecule has 0 aliphatic heterocycles. The van der Waals surface area contributed by atoms with Crippen molar-refractivity contribution in [3.63, 3.8) is 0 Å². The van der Waals surface area contributed by atoms with Gasteiger partial charge in [-0.2, -0.15) is 0 Å². The SMILES string of the molecule is CC(C)(C)c1ccc([S+](c2ccccc2)c2ccc(OC(=O)c3c(I)ccc(I)c3I)cc2)cc1.CC(C)c1ccc([S+](c2ccccc2)c2ccc(OC(=O)c3c(I)ccc(I)c3I)cc2)cc1.Cc1ccc([S+](c2ccc(C)cc2)c2ccc(OC(=O)c3c(I)ccc(I)c3I)cc2)cc1.Cc1ccc([S+](c2ccccc2)c2ccc(OC(=O)c3c(I)ccc(I)c3I)cc2)cc1. The third-order valence-corrected chi connectivity index (χ3v) is 45.2. The van der Waals surface area contributed by atoms with Crippen LogP contribution in [-0.4, -0.2) is 23.9 Å². The van der Waals surface area contributed by atoms with Crippen LogP contribution in [0.25, 0.3) is 0 Å². The zero-order valence-corrected chi connectivity index (χ0v) is 102. The first-order valence-electron chi connectivity index (χ1n) is 41.6. The number of benzene rings is 16. The molecule has 16 aromatic carbocycles. The lowest BCUT2D eigenvalue weighted by molar-refractivity contribution is 0.0722. The number of aryl methyl sites for hydroxylation is 3. The Bertz CT molecular complexity index is 6750. The highest BCUT2D eigenvalue weighted by atomic mass is 127. The van der Waals surface area contributed by atoms with E-state index in [-0.39, 0.29) is 72.9 Å². The molecular formula is C110H84I12O8S4+4. The first-order chi connectivity index (χ1) is 64.3. The summed E-state index contributed by atoms with van der Waals surface area (Å²) < 4.78 is 34.4. The van der Waals surface area contributed by atoms with Crippen molar-refractivity contribution in [1.82, 2.24) is 0 Å². The molecule has 16 rings (SSSR count). The number of carbonyl (C=O) groups excluding carboxylic acids is 4. The van der Waals surface area contributed by atoms with Crippen LogP contribution < -0.4 is 18.9 Å². The van der Waals surface area contributed by atoms with Crippen molar-refractivity contribution in [2.24, 2.45) is 0 Å². The van der Waals surface area contributed by atoms with Gasteiger partial charge in [0.25, 0.3) is 0 Å². The van der Waals surface area contributed by atoms with Gasteiger partial charge >= 0.3 is 23.9 Å². The Hall–Kier alpha value is -4.44. The van der Waals surface area contributed by atoms with Crippen LogP contribution in [0.5, 0.6) is 23.0 Å². The van der Waals surface area contributed by atoms with Crippen molar-refractivity contribution in [2.45, 2.75) is 125 Å². The standard InChI is InChI=1S/C29H24I3O2S.C28H22I3O2S.C27H20I3O2S.C26H18I3O2S/c1-29(2,3)19-9-13-22(14-10-19)35(21-7-5-4-6-8-21)23-15-11-20(12-16-23)34-28(33)26-24(30)17-18-25(31)27(26)32;1-18(2)19-8-12-22(13-9-19)34(21-6-4-3-5-7-21)23-14-10-20(11-15-23)33-28(32)26-24(29)16-17-25(30)27(26)31;1-17-3-9-20(10-4-17)33(21-11-5-18(2)6-12-21)22-13-7-19(8-14-22)32-27(31)25-23(28)15-16-24(29)26(25)30;1-17-7-11-20(12-8-17)32(19-5-3-2-4-6-19)21-13-9-18(10-14-21)31-26(30)24-22(27)15-16-23(28)25(24)29/h4-18H,1-3H3;3-18H,1-2H3;3-16H,1-2H3;2-16H,1H3/q4*+1. The minimum absolute atomic E-state index is 0.113. The maximum absolute atomic E-state index is 12.9. The zero-order valence-electron chi connectivity index (χ0n) is 73.1. The number of esters is 4. The highest BCUT2D eigenvalue weighted by Crippen LogP contribution is 2.41. The van der Waals surface area contributed by atoms with E-state index in [4.69, 9.17) is 18.9 Å². The van der Waals surface area contributed by atoms with Crippen molar-refractivity contribution in [2.75, 3.05) is 0 Å². The molecular weight excluding hydrogens is 3100 g/mol. The molecule has 0 aliphatic rings. The quantitative estimate of drug-likeness (QED) is 0.0230. The summed E-state index contributed by atoms with van der Waals surface area (Å²) in [7, 11) is -0.985. The average Bonchev–Trinajstić information content (AvgIpc) is 0.814. The Morgan fingerprint density at radius 2 is 0.396 bits per heavy atom. The number of carbonyl (C=O) groups is 4. The first-order valence-corrected chi connectivity index (χ1v) is 59.5. The van der Waals surface area contributed by atoms with E-state index in [1.807, 2.05) is 115 Å². The predicted molar refractivity (Wildman–Crippen MR) is 651 cm³/mol. The third-order valence-electron chi connectivity index (χ3n) is 20.5. The molecule has 16 aromatic rings. The molecule has 3 unspecified atom stereocenters. The smallest absolute Gasteiger partial charge is 0.345 e. The van der Waals surface area contributed by atoms with Crippen LogP contribution in [0.15, 0.2) is 417 Å². The Labute approximate surface area is 960 Å². The summed E-state index contributed by atoms with van der Waals surface area (Å²) in [6.07, 6.45) is 0. The molecule has 0 aromatic heterocycles. The molecule has 0 amide bonds. The molecule has 0 radical (unpaired) electrons. The fourth-order valence-corrected chi connectivity index (χ4v) is 31.0. The Morgan fingerprint density at radius 1 is 0.224 bits per heavy atom. The lowest BCUT2D eigenvalue weighted by atomic mass is 9.87. The van der Waals surface area contributed by atoms with Crippen molar-refractivity contribution in [3.05, 3.63) is 451 Å². The molecule has 0 spiro atoms. The van der Waals surface area contributed by atoms with Gasteiger partial charge in [-0.3, -0.25) is 0 Å². The fraction of sp³-hybridized carbons (Fsp3) is 0.0909. The van der Waals surface area contributed by atoms with Crippen molar-refractivity contribution in [3.8, 4) is 23.0 Å². The number of hydrogen-bond donors (Lipinski definition) is 0. The summed E-state index contributed by atoms with van der Waals surface area (Å²) in [5.74, 6) is 1.37. The van der Waals surface area contributed by atoms with E-state index in [1.54, 1.807) is 0 Å². The molecule has 8 nitrogen and oxygen atoms in total. The van der Waals surface area contributed by atoms with E-state index in [0.29, 0.717) is 51.2 Å². The van der Waals surface area contributed by atoms with Gasteiger partial charge in [0.2, 0.25) is 0 Å². The maximum atomic E-state index is 12.9. The minimum atomic E-state index is -0.329. The van der Waals surface area contributed by atoms with Crippen LogP contribution in [0.4, 0.5) is 0 Å². The summed E-state index contributed by atoms with van der Waals surface area (Å²) in [5, 5.41) is 0. The molecule has 24 heteroatoms. The van der Waals surface area contributed by atoms with Gasteiger partial charge in [0.15, 0.2) is 58.7 Å². The van der Waals surface area contributed by atoms with Gasteiger partial charge in [-0.15, -0.1) is 0 Å². The Kier molecular flexibility index (Phi) is 40.7. The van der Waals surface area contributed by atoms with E-state index in [9.17, 15) is 19.2 Å². The molecule has 676 valence electrons. The molecule has 0 saturated heterocycles. The minimum Gasteiger partial charge on any atom is -0.423 e. The number of hydrogen-bond acceptors (Lipinski definition) is 8. The van der Waals surface area contributed by atoms with E-state index in [0.717, 1.165) is 42.8 Å². The normalized spacial score (nSPS) is 11.7. The van der Waals surface area contributed by atoms with E-state index < -0.39 is 0 Å². The van der Waals surface area contributed by atoms with Crippen molar-refractivity contribution >= 4 is 339 Å². The summed E-state index contributed by atoms with van der Waals surface area (Å²) in [6, 6.07) is 123. The lowest BCUT2D eigenvalue weighted by Gasteiger charge is -2.19. The molecule has 0 N–H and O–H groups in total. The van der Waals surface area contributed by atoms with Gasteiger partial charge in [-0.05, 0) is 557 Å². The molecule has 3 atom stereocenters. The van der Waals surface area contributed by atoms with Gasteiger partial charge in [-0.1, -0.05) is 167 Å². The van der Waals surface area contributed by atoms with Gasteiger partial charge in [-0.25, -0.2) is 19.2 Å². The molecule has 0 aliphatic carbocycles. The van der Waals surface area contributed by atoms with Crippen LogP contribution in [0.1, 0.15) is 110 Å². The third kappa shape index (κ3) is 28.5. The molecule has 0 heterocycles. The van der Waals surface area contributed by atoms with Gasteiger partial charge in [0.1, 0.15) is 23.0 Å². The lowest BCUT2D eigenvalue weighted by Crippen LogP contribution is -2.13. The number of halogens is 12. The Balaban J connectivity index is 0.000000152. The van der Waals surface area contributed by atoms with Gasteiger partial charge in [0.05, 0.1) is 65.8 Å². The number of ether oxygens (including phenoxy) is 4. The van der Waals surface area contributed by atoms with E-state index >= 15 is 0 Å². The summed E-state index contributed by atoms with van der Waals surface area (Å²) in [6.45, 7) is 17.4. The van der Waals surface area contributed by atoms with Crippen LogP contribution in [-0.2, 0) is 49.0 Å². The molecule has 0 saturated carbocycles. The second-order valence-corrected chi connectivity index (χ2v) is 53.1. The van der Waals surface area contributed by atoms with Crippen molar-refractivity contribution < 1.29 is 38.1 Å². The summed E-state index contributed by atoms with van der Waals surface area (Å²) in [4.78, 5) is 66.4. The molecule has 0 fully saturated rings. The summed E-state index contributed by atoms with van der Waals surface area (Å²) >= 11 is 26.5. The summed E-state index contributed by atoms with van der Waals surface area (Å²) in [5.41, 5.74) is 8.96. The van der Waals surface area contributed by atoms with Gasteiger partial charge in [0, 0.05) is 42.8 Å². The van der Waals surface area contributed by atoms with Crippen LogP contribution in [0, 0.1) is 63.6 Å². The van der Waals surface area contributed by atoms with Gasteiger partial charge < -0.3 is 18.9 Å². The fourth-order valence-electron chi connectivity index (χ4n) is 13.5. The largest absolute Gasteiger partial charge is 0.423 e.